The zero-order chi connectivity index (χ0) is 17.5. The van der Waals surface area contributed by atoms with Crippen molar-refractivity contribution in [3.8, 4) is 0 Å². The van der Waals surface area contributed by atoms with E-state index in [1.165, 1.54) is 31.4 Å². The summed E-state index contributed by atoms with van der Waals surface area (Å²) in [6.07, 6.45) is 0.284. The second kappa shape index (κ2) is 7.87. The Balaban J connectivity index is 2.12. The monoisotopic (exact) mass is 328 g/mol. The van der Waals surface area contributed by atoms with Crippen LogP contribution in [0.2, 0.25) is 0 Å². The number of amides is 1. The third-order valence-electron chi connectivity index (χ3n) is 3.41. The minimum absolute atomic E-state index is 0.111. The van der Waals surface area contributed by atoms with Gasteiger partial charge in [0, 0.05) is 24.1 Å². The van der Waals surface area contributed by atoms with Gasteiger partial charge in [-0.15, -0.1) is 0 Å². The molecule has 0 fully saturated rings. The Morgan fingerprint density at radius 3 is 2.29 bits per heavy atom. The Morgan fingerprint density at radius 2 is 1.75 bits per heavy atom. The normalized spacial score (nSPS) is 11.4. The van der Waals surface area contributed by atoms with Gasteiger partial charge in [0.15, 0.2) is 0 Å². The number of nitro benzene ring substituents is 1. The second-order valence-corrected chi connectivity index (χ2v) is 5.04. The maximum Gasteiger partial charge on any atom is 0.328 e. The molecule has 0 unspecified atom stereocenters. The summed E-state index contributed by atoms with van der Waals surface area (Å²) in [5, 5.41) is 13.2. The van der Waals surface area contributed by atoms with Crippen LogP contribution in [0.3, 0.4) is 0 Å². The fourth-order valence-electron chi connectivity index (χ4n) is 2.16. The number of nitrogens with one attached hydrogen (secondary N) is 1. The van der Waals surface area contributed by atoms with Crippen LogP contribution in [0.15, 0.2) is 54.6 Å². The molecule has 7 heteroatoms. The van der Waals surface area contributed by atoms with Crippen molar-refractivity contribution in [2.24, 2.45) is 0 Å². The third kappa shape index (κ3) is 4.39. The summed E-state index contributed by atoms with van der Waals surface area (Å²) in [6, 6.07) is 13.5. The lowest BCUT2D eigenvalue weighted by Gasteiger charge is -2.16. The lowest BCUT2D eigenvalue weighted by Crippen LogP contribution is -2.43. The highest BCUT2D eigenvalue weighted by molar-refractivity contribution is 5.97. The van der Waals surface area contributed by atoms with Crippen molar-refractivity contribution < 1.29 is 19.2 Å². The minimum Gasteiger partial charge on any atom is -0.467 e. The molecule has 2 rings (SSSR count). The van der Waals surface area contributed by atoms with Crippen LogP contribution in [-0.4, -0.2) is 30.0 Å². The highest BCUT2D eigenvalue weighted by Crippen LogP contribution is 2.12. The van der Waals surface area contributed by atoms with Crippen LogP contribution in [0.5, 0.6) is 0 Å². The van der Waals surface area contributed by atoms with Crippen molar-refractivity contribution in [1.82, 2.24) is 5.32 Å². The molecule has 24 heavy (non-hydrogen) atoms. The van der Waals surface area contributed by atoms with Gasteiger partial charge >= 0.3 is 5.97 Å². The number of hydrogen-bond acceptors (Lipinski definition) is 5. The standard InChI is InChI=1S/C17H16N2O5/c1-24-17(21)15(11-12-5-3-2-4-6-12)18-16(20)13-7-9-14(10-8-13)19(22)23/h2-10,15H,11H2,1H3,(H,18,20)/t15-/m0/s1. The van der Waals surface area contributed by atoms with Gasteiger partial charge in [-0.2, -0.15) is 0 Å². The van der Waals surface area contributed by atoms with Crippen LogP contribution in [0, 0.1) is 10.1 Å². The van der Waals surface area contributed by atoms with E-state index in [1.807, 2.05) is 30.3 Å². The van der Waals surface area contributed by atoms with E-state index >= 15 is 0 Å². The van der Waals surface area contributed by atoms with E-state index in [0.717, 1.165) is 5.56 Å². The quantitative estimate of drug-likeness (QED) is 0.497. The number of nitrogens with zero attached hydrogens (tertiary/aromatic N) is 1. The number of benzene rings is 2. The van der Waals surface area contributed by atoms with Crippen LogP contribution < -0.4 is 5.32 Å². The first kappa shape index (κ1) is 17.1. The fourth-order valence-corrected chi connectivity index (χ4v) is 2.16. The summed E-state index contributed by atoms with van der Waals surface area (Å²) < 4.78 is 4.73. The van der Waals surface area contributed by atoms with E-state index in [0.29, 0.717) is 0 Å². The maximum atomic E-state index is 12.3. The molecule has 0 aliphatic rings. The number of ether oxygens (including phenoxy) is 1. The van der Waals surface area contributed by atoms with Gasteiger partial charge < -0.3 is 10.1 Å². The van der Waals surface area contributed by atoms with Crippen LogP contribution >= 0.6 is 0 Å². The van der Waals surface area contributed by atoms with Crippen molar-refractivity contribution in [1.29, 1.82) is 0 Å². The molecule has 0 aromatic heterocycles. The number of nitro groups is 1. The van der Waals surface area contributed by atoms with Gasteiger partial charge in [-0.1, -0.05) is 30.3 Å². The van der Waals surface area contributed by atoms with E-state index in [2.05, 4.69) is 5.32 Å². The van der Waals surface area contributed by atoms with Crippen molar-refractivity contribution in [2.75, 3.05) is 7.11 Å². The smallest absolute Gasteiger partial charge is 0.328 e. The molecule has 1 atom stereocenters. The minimum atomic E-state index is -0.847. The molecule has 0 saturated heterocycles. The summed E-state index contributed by atoms with van der Waals surface area (Å²) in [6.45, 7) is 0. The summed E-state index contributed by atoms with van der Waals surface area (Å²) in [4.78, 5) is 34.2. The highest BCUT2D eigenvalue weighted by Gasteiger charge is 2.22. The summed E-state index contributed by atoms with van der Waals surface area (Å²) in [5.41, 5.74) is 0.986. The Bertz CT molecular complexity index is 728. The van der Waals surface area contributed by atoms with E-state index in [1.54, 1.807) is 0 Å². The lowest BCUT2D eigenvalue weighted by molar-refractivity contribution is -0.384. The van der Waals surface area contributed by atoms with Crippen molar-refractivity contribution in [2.45, 2.75) is 12.5 Å². The molecular formula is C17H16N2O5. The summed E-state index contributed by atoms with van der Waals surface area (Å²) in [7, 11) is 1.25. The zero-order valence-electron chi connectivity index (χ0n) is 13.0. The van der Waals surface area contributed by atoms with Crippen molar-refractivity contribution >= 4 is 17.6 Å². The van der Waals surface area contributed by atoms with Crippen molar-refractivity contribution in [3.05, 3.63) is 75.8 Å². The van der Waals surface area contributed by atoms with E-state index in [9.17, 15) is 19.7 Å². The maximum absolute atomic E-state index is 12.3. The number of carbonyl (C=O) groups excluding carboxylic acids is 2. The van der Waals surface area contributed by atoms with Crippen LogP contribution in [0.25, 0.3) is 0 Å². The first-order valence-corrected chi connectivity index (χ1v) is 7.18. The molecule has 0 aliphatic carbocycles. The average molecular weight is 328 g/mol. The van der Waals surface area contributed by atoms with Crippen LogP contribution in [-0.2, 0) is 16.0 Å². The SMILES string of the molecule is COC(=O)[C@H](Cc1ccccc1)NC(=O)c1ccc([N+](=O)[O-])cc1. The average Bonchev–Trinajstić information content (AvgIpc) is 2.61. The third-order valence-corrected chi connectivity index (χ3v) is 3.41. The van der Waals surface area contributed by atoms with Gasteiger partial charge in [-0.25, -0.2) is 4.79 Å². The van der Waals surface area contributed by atoms with E-state index in [4.69, 9.17) is 4.74 Å². The molecule has 0 saturated carbocycles. The van der Waals surface area contributed by atoms with Gasteiger partial charge in [-0.05, 0) is 17.7 Å². The fraction of sp³-hybridized carbons (Fsp3) is 0.176. The molecule has 0 spiro atoms. The largest absolute Gasteiger partial charge is 0.467 e. The van der Waals surface area contributed by atoms with Gasteiger partial charge in [0.2, 0.25) is 0 Å². The topological polar surface area (TPSA) is 98.5 Å². The number of rotatable bonds is 6. The first-order valence-electron chi connectivity index (χ1n) is 7.18. The highest BCUT2D eigenvalue weighted by atomic mass is 16.6. The summed E-state index contributed by atoms with van der Waals surface area (Å²) in [5.74, 6) is -1.06. The van der Waals surface area contributed by atoms with E-state index in [-0.39, 0.29) is 17.7 Å². The number of carbonyl (C=O) groups is 2. The molecule has 2 aromatic carbocycles. The molecule has 0 bridgehead atoms. The molecule has 2 aromatic rings. The number of non-ortho nitro benzene ring substituents is 1. The molecule has 7 nitrogen and oxygen atoms in total. The Morgan fingerprint density at radius 1 is 1.12 bits per heavy atom. The van der Waals surface area contributed by atoms with Gasteiger partial charge in [-0.3, -0.25) is 14.9 Å². The number of hydrogen-bond donors (Lipinski definition) is 1. The Labute approximate surface area is 138 Å². The predicted octanol–water partition coefficient (Wildman–Crippen LogP) is 2.11. The van der Waals surface area contributed by atoms with E-state index < -0.39 is 22.8 Å². The molecule has 0 radical (unpaired) electrons. The molecule has 0 heterocycles. The molecule has 1 N–H and O–H groups in total. The zero-order valence-corrected chi connectivity index (χ0v) is 13.0. The molecule has 124 valence electrons. The Kier molecular flexibility index (Phi) is 5.62. The van der Waals surface area contributed by atoms with Gasteiger partial charge in [0.25, 0.3) is 11.6 Å². The van der Waals surface area contributed by atoms with Crippen LogP contribution in [0.1, 0.15) is 15.9 Å². The predicted molar refractivity (Wildman–Crippen MR) is 86.5 cm³/mol. The Hall–Kier alpha value is -3.22. The number of esters is 1. The number of methoxy groups -OCH3 is 1. The molecule has 0 aliphatic heterocycles. The second-order valence-electron chi connectivity index (χ2n) is 5.04. The van der Waals surface area contributed by atoms with Crippen LogP contribution in [0.4, 0.5) is 5.69 Å². The first-order chi connectivity index (χ1) is 11.5. The van der Waals surface area contributed by atoms with Gasteiger partial charge in [0.05, 0.1) is 12.0 Å². The molecule has 1 amide bonds. The molecular weight excluding hydrogens is 312 g/mol. The van der Waals surface area contributed by atoms with Gasteiger partial charge in [0.1, 0.15) is 6.04 Å². The summed E-state index contributed by atoms with van der Waals surface area (Å²) >= 11 is 0. The van der Waals surface area contributed by atoms with Crippen molar-refractivity contribution in [3.63, 3.8) is 0 Å². The lowest BCUT2D eigenvalue weighted by atomic mass is 10.1.